The van der Waals surface area contributed by atoms with Crippen LogP contribution < -0.4 is 10.1 Å². The zero-order valence-corrected chi connectivity index (χ0v) is 12.9. The maximum Gasteiger partial charge on any atom is 0.341 e. The number of carbonyl (C=O) groups is 2. The smallest absolute Gasteiger partial charge is 0.341 e. The van der Waals surface area contributed by atoms with Crippen molar-refractivity contribution in [3.63, 3.8) is 0 Å². The Labute approximate surface area is 124 Å². The Kier molecular flexibility index (Phi) is 5.96. The SMILES string of the molecule is C=C(C)CCc1c(NC(C)=O)ccc(C(=O)OC)c1OC. The molecule has 0 aliphatic carbocycles. The van der Waals surface area contributed by atoms with E-state index in [4.69, 9.17) is 9.47 Å². The molecule has 1 aromatic carbocycles. The Balaban J connectivity index is 3.35. The Hall–Kier alpha value is -2.30. The molecular weight excluding hydrogens is 270 g/mol. The lowest BCUT2D eigenvalue weighted by Crippen LogP contribution is -2.12. The van der Waals surface area contributed by atoms with E-state index in [1.165, 1.54) is 21.1 Å². The van der Waals surface area contributed by atoms with Crippen LogP contribution in [0.4, 0.5) is 5.69 Å². The molecule has 0 unspecified atom stereocenters. The molecule has 0 saturated heterocycles. The second kappa shape index (κ2) is 7.47. The molecule has 0 bridgehead atoms. The normalized spacial score (nSPS) is 9.90. The van der Waals surface area contributed by atoms with Crippen LogP contribution in [0.5, 0.6) is 5.75 Å². The summed E-state index contributed by atoms with van der Waals surface area (Å²) >= 11 is 0. The second-order valence-corrected chi connectivity index (χ2v) is 4.80. The Morgan fingerprint density at radius 2 is 1.90 bits per heavy atom. The number of benzene rings is 1. The number of anilines is 1. The minimum Gasteiger partial charge on any atom is -0.495 e. The maximum absolute atomic E-state index is 11.8. The number of amides is 1. The summed E-state index contributed by atoms with van der Waals surface area (Å²) < 4.78 is 10.1. The first-order chi connectivity index (χ1) is 9.90. The number of methoxy groups -OCH3 is 2. The van der Waals surface area contributed by atoms with E-state index in [1.807, 2.05) is 6.92 Å². The van der Waals surface area contributed by atoms with E-state index in [2.05, 4.69) is 11.9 Å². The third-order valence-corrected chi connectivity index (χ3v) is 2.98. The van der Waals surface area contributed by atoms with Crippen molar-refractivity contribution in [1.82, 2.24) is 0 Å². The van der Waals surface area contributed by atoms with Crippen LogP contribution in [0.25, 0.3) is 0 Å². The van der Waals surface area contributed by atoms with E-state index in [1.54, 1.807) is 12.1 Å². The second-order valence-electron chi connectivity index (χ2n) is 4.80. The van der Waals surface area contributed by atoms with E-state index in [0.29, 0.717) is 23.4 Å². The molecule has 1 aromatic rings. The van der Waals surface area contributed by atoms with Crippen molar-refractivity contribution in [1.29, 1.82) is 0 Å². The lowest BCUT2D eigenvalue weighted by molar-refractivity contribution is -0.114. The molecule has 0 aliphatic rings. The molecule has 0 aliphatic heterocycles. The molecule has 21 heavy (non-hydrogen) atoms. The average molecular weight is 291 g/mol. The highest BCUT2D eigenvalue weighted by atomic mass is 16.5. The van der Waals surface area contributed by atoms with Crippen molar-refractivity contribution < 1.29 is 19.1 Å². The highest BCUT2D eigenvalue weighted by Gasteiger charge is 2.20. The van der Waals surface area contributed by atoms with Crippen molar-refractivity contribution in [3.8, 4) is 5.75 Å². The fourth-order valence-corrected chi connectivity index (χ4v) is 2.03. The summed E-state index contributed by atoms with van der Waals surface area (Å²) in [6, 6.07) is 3.27. The average Bonchev–Trinajstić information content (AvgIpc) is 2.43. The third kappa shape index (κ3) is 4.34. The summed E-state index contributed by atoms with van der Waals surface area (Å²) in [7, 11) is 2.81. The predicted molar refractivity (Wildman–Crippen MR) is 81.8 cm³/mol. The lowest BCUT2D eigenvalue weighted by atomic mass is 10.00. The molecular formula is C16H21NO4. The van der Waals surface area contributed by atoms with E-state index >= 15 is 0 Å². The Bertz CT molecular complexity index is 564. The van der Waals surface area contributed by atoms with Gasteiger partial charge in [0.05, 0.1) is 14.2 Å². The minimum absolute atomic E-state index is 0.181. The molecule has 0 atom stereocenters. The van der Waals surface area contributed by atoms with Crippen LogP contribution in [0, 0.1) is 0 Å². The summed E-state index contributed by atoms with van der Waals surface area (Å²) in [6.45, 7) is 7.23. The van der Waals surface area contributed by atoms with Gasteiger partial charge in [0, 0.05) is 18.2 Å². The van der Waals surface area contributed by atoms with Crippen molar-refractivity contribution in [2.75, 3.05) is 19.5 Å². The van der Waals surface area contributed by atoms with Crippen molar-refractivity contribution >= 4 is 17.6 Å². The maximum atomic E-state index is 11.8. The number of hydrogen-bond donors (Lipinski definition) is 1. The molecule has 0 heterocycles. The van der Waals surface area contributed by atoms with E-state index in [-0.39, 0.29) is 5.91 Å². The summed E-state index contributed by atoms with van der Waals surface area (Å²) in [5.74, 6) is -0.230. The van der Waals surface area contributed by atoms with Crippen LogP contribution in [0.3, 0.4) is 0 Å². The molecule has 0 fully saturated rings. The quantitative estimate of drug-likeness (QED) is 0.646. The van der Waals surface area contributed by atoms with E-state index < -0.39 is 5.97 Å². The number of carbonyl (C=O) groups excluding carboxylic acids is 2. The van der Waals surface area contributed by atoms with Gasteiger partial charge < -0.3 is 14.8 Å². The molecule has 1 amide bonds. The highest BCUT2D eigenvalue weighted by Crippen LogP contribution is 2.33. The molecule has 1 rings (SSSR count). The zero-order valence-electron chi connectivity index (χ0n) is 12.9. The first-order valence-electron chi connectivity index (χ1n) is 6.60. The van der Waals surface area contributed by atoms with Crippen molar-refractivity contribution in [2.45, 2.75) is 26.7 Å². The number of nitrogens with one attached hydrogen (secondary N) is 1. The minimum atomic E-state index is -0.474. The molecule has 5 heteroatoms. The molecule has 1 N–H and O–H groups in total. The third-order valence-electron chi connectivity index (χ3n) is 2.98. The molecule has 0 saturated carbocycles. The van der Waals surface area contributed by atoms with Gasteiger partial charge in [0.1, 0.15) is 11.3 Å². The van der Waals surface area contributed by atoms with Gasteiger partial charge in [-0.1, -0.05) is 5.57 Å². The van der Waals surface area contributed by atoms with Gasteiger partial charge in [-0.2, -0.15) is 0 Å². The fraction of sp³-hybridized carbons (Fsp3) is 0.375. The van der Waals surface area contributed by atoms with Gasteiger partial charge in [-0.15, -0.1) is 6.58 Å². The molecule has 5 nitrogen and oxygen atoms in total. The van der Waals surface area contributed by atoms with Crippen molar-refractivity contribution in [2.24, 2.45) is 0 Å². The first-order valence-corrected chi connectivity index (χ1v) is 6.60. The van der Waals surface area contributed by atoms with Crippen LogP contribution in [-0.4, -0.2) is 26.1 Å². The molecule has 0 spiro atoms. The van der Waals surface area contributed by atoms with Gasteiger partial charge in [-0.3, -0.25) is 4.79 Å². The van der Waals surface area contributed by atoms with E-state index in [9.17, 15) is 9.59 Å². The highest BCUT2D eigenvalue weighted by molar-refractivity contribution is 5.96. The summed E-state index contributed by atoms with van der Waals surface area (Å²) in [4.78, 5) is 23.1. The first kappa shape index (κ1) is 16.8. The Morgan fingerprint density at radius 3 is 2.38 bits per heavy atom. The summed E-state index contributed by atoms with van der Waals surface area (Å²) in [5, 5.41) is 2.76. The largest absolute Gasteiger partial charge is 0.495 e. The van der Waals surface area contributed by atoms with Gasteiger partial charge in [-0.25, -0.2) is 4.79 Å². The molecule has 0 radical (unpaired) electrons. The number of ether oxygens (including phenoxy) is 2. The molecule has 114 valence electrons. The van der Waals surface area contributed by atoms with E-state index in [0.717, 1.165) is 17.6 Å². The van der Waals surface area contributed by atoms with Crippen LogP contribution in [0.15, 0.2) is 24.3 Å². The fourth-order valence-electron chi connectivity index (χ4n) is 2.03. The van der Waals surface area contributed by atoms with Crippen LogP contribution in [0.1, 0.15) is 36.2 Å². The van der Waals surface area contributed by atoms with Crippen LogP contribution in [0.2, 0.25) is 0 Å². The van der Waals surface area contributed by atoms with Gasteiger partial charge in [0.15, 0.2) is 0 Å². The molecule has 0 aromatic heterocycles. The monoisotopic (exact) mass is 291 g/mol. The number of esters is 1. The topological polar surface area (TPSA) is 64.6 Å². The standard InChI is InChI=1S/C16H21NO4/c1-10(2)6-7-12-14(17-11(3)18)9-8-13(15(12)20-4)16(19)21-5/h8-9H,1,6-7H2,2-5H3,(H,17,18). The predicted octanol–water partition coefficient (Wildman–Crippen LogP) is 2.95. The van der Waals surface area contributed by atoms with Gasteiger partial charge in [0.25, 0.3) is 0 Å². The number of rotatable bonds is 6. The lowest BCUT2D eigenvalue weighted by Gasteiger charge is -2.17. The van der Waals surface area contributed by atoms with Gasteiger partial charge in [-0.05, 0) is 31.9 Å². The van der Waals surface area contributed by atoms with Gasteiger partial charge >= 0.3 is 5.97 Å². The zero-order chi connectivity index (χ0) is 16.0. The van der Waals surface area contributed by atoms with Crippen molar-refractivity contribution in [3.05, 3.63) is 35.4 Å². The van der Waals surface area contributed by atoms with Gasteiger partial charge in [0.2, 0.25) is 5.91 Å². The summed E-state index contributed by atoms with van der Waals surface area (Å²) in [5.41, 5.74) is 2.74. The van der Waals surface area contributed by atoms with Crippen LogP contribution >= 0.6 is 0 Å². The summed E-state index contributed by atoms with van der Waals surface area (Å²) in [6.07, 6.45) is 1.34. The van der Waals surface area contributed by atoms with Crippen LogP contribution in [-0.2, 0) is 16.0 Å². The number of allylic oxidation sites excluding steroid dienone is 1. The number of hydrogen-bond acceptors (Lipinski definition) is 4. The Morgan fingerprint density at radius 1 is 1.24 bits per heavy atom.